The standard InChI is InChI=1S/C20H19F3N2O.C13H12F3NO2.C7H9N.CH4/c1-13(2)10-18-24-17-11-15(20(21,22)23)8-9-16(17)19(26)25(18)12-14-6-4-3-5-7-14;1-7(2)5-11-17-10-6-8(13(14,15)16)3-4-9(10)12(18)19-11;8-6-7-4-2-1-3-5-7;/h3-9,11,13H,10,12H2,1-2H3;3-4,6-7H,5H2,1-2H3;1-5H,6,8H2;1H4. The lowest BCUT2D eigenvalue weighted by atomic mass is 10.1. The number of rotatable bonds is 7. The summed E-state index contributed by atoms with van der Waals surface area (Å²) >= 11 is 0. The van der Waals surface area contributed by atoms with E-state index < -0.39 is 29.1 Å². The van der Waals surface area contributed by atoms with Gasteiger partial charge in [0.05, 0.1) is 39.5 Å². The van der Waals surface area contributed by atoms with Gasteiger partial charge in [-0.05, 0) is 59.4 Å². The highest BCUT2D eigenvalue weighted by Gasteiger charge is 2.32. The van der Waals surface area contributed by atoms with Crippen molar-refractivity contribution in [2.24, 2.45) is 17.6 Å². The summed E-state index contributed by atoms with van der Waals surface area (Å²) in [7, 11) is 0. The van der Waals surface area contributed by atoms with Crippen LogP contribution in [0.15, 0.2) is 111 Å². The monoisotopic (exact) mass is 754 g/mol. The van der Waals surface area contributed by atoms with Gasteiger partial charge in [-0.25, -0.2) is 14.8 Å². The minimum absolute atomic E-state index is 0. The van der Waals surface area contributed by atoms with Gasteiger partial charge in [0.25, 0.3) is 5.56 Å². The van der Waals surface area contributed by atoms with E-state index in [2.05, 4.69) is 9.97 Å². The Morgan fingerprint density at radius 2 is 1.15 bits per heavy atom. The third-order valence-corrected chi connectivity index (χ3v) is 7.80. The van der Waals surface area contributed by atoms with E-state index in [0.717, 1.165) is 35.9 Å². The van der Waals surface area contributed by atoms with Gasteiger partial charge in [0.15, 0.2) is 5.89 Å². The summed E-state index contributed by atoms with van der Waals surface area (Å²) in [4.78, 5) is 33.0. The molecule has 54 heavy (non-hydrogen) atoms. The van der Waals surface area contributed by atoms with Crippen molar-refractivity contribution in [1.82, 2.24) is 14.5 Å². The Labute approximate surface area is 309 Å². The zero-order valence-corrected chi connectivity index (χ0v) is 29.6. The molecule has 4 aromatic carbocycles. The topological polar surface area (TPSA) is 104 Å². The van der Waals surface area contributed by atoms with Crippen molar-refractivity contribution in [3.8, 4) is 0 Å². The van der Waals surface area contributed by atoms with Gasteiger partial charge < -0.3 is 10.2 Å². The Morgan fingerprint density at radius 1 is 0.667 bits per heavy atom. The summed E-state index contributed by atoms with van der Waals surface area (Å²) in [5, 5.41) is 0.252. The van der Waals surface area contributed by atoms with Crippen LogP contribution in [0.25, 0.3) is 21.8 Å². The van der Waals surface area contributed by atoms with E-state index in [1.807, 2.05) is 88.4 Å². The van der Waals surface area contributed by atoms with Crippen molar-refractivity contribution in [2.75, 3.05) is 0 Å². The second-order valence-corrected chi connectivity index (χ2v) is 13.1. The molecule has 0 bridgehead atoms. The Bertz CT molecular complexity index is 2230. The molecular formula is C41H44F6N4O3. The third kappa shape index (κ3) is 11.9. The van der Waals surface area contributed by atoms with E-state index in [0.29, 0.717) is 31.8 Å². The van der Waals surface area contributed by atoms with E-state index in [1.54, 1.807) is 4.57 Å². The van der Waals surface area contributed by atoms with Crippen LogP contribution < -0.4 is 16.9 Å². The maximum atomic E-state index is 13.0. The SMILES string of the molecule is C.CC(C)Cc1nc2cc(C(F)(F)F)ccc2c(=O)n1Cc1ccccc1.CC(C)Cc1nc2cc(C(F)(F)F)ccc2c(=O)o1.NCc1ccccc1. The largest absolute Gasteiger partial charge is 0.416 e. The molecule has 0 fully saturated rings. The molecule has 0 amide bonds. The lowest BCUT2D eigenvalue weighted by molar-refractivity contribution is -0.138. The predicted octanol–water partition coefficient (Wildman–Crippen LogP) is 9.85. The molecule has 0 aliphatic heterocycles. The second kappa shape index (κ2) is 18.6. The molecule has 0 atom stereocenters. The zero-order valence-electron chi connectivity index (χ0n) is 29.6. The van der Waals surface area contributed by atoms with Gasteiger partial charge in [0.2, 0.25) is 0 Å². The molecule has 2 aromatic heterocycles. The first-order valence-electron chi connectivity index (χ1n) is 16.9. The fraction of sp³-hybridized carbons (Fsp3) is 0.317. The van der Waals surface area contributed by atoms with Crippen LogP contribution in [0.3, 0.4) is 0 Å². The predicted molar refractivity (Wildman–Crippen MR) is 200 cm³/mol. The number of hydrogen-bond donors (Lipinski definition) is 1. The molecule has 6 rings (SSSR count). The molecular weight excluding hydrogens is 710 g/mol. The number of halogens is 6. The van der Waals surface area contributed by atoms with Gasteiger partial charge in [0.1, 0.15) is 5.82 Å². The minimum atomic E-state index is -4.47. The molecule has 6 aromatic rings. The van der Waals surface area contributed by atoms with Crippen LogP contribution in [0.4, 0.5) is 26.3 Å². The number of benzene rings is 4. The van der Waals surface area contributed by atoms with Crippen molar-refractivity contribution >= 4 is 21.8 Å². The van der Waals surface area contributed by atoms with E-state index >= 15 is 0 Å². The van der Waals surface area contributed by atoms with Crippen molar-refractivity contribution in [3.05, 3.63) is 152 Å². The number of fused-ring (bicyclic) bond motifs is 2. The van der Waals surface area contributed by atoms with E-state index in [4.69, 9.17) is 10.2 Å². The number of aromatic nitrogens is 3. The van der Waals surface area contributed by atoms with Crippen LogP contribution in [0.1, 0.15) is 69.1 Å². The number of nitrogens with two attached hydrogens (primary N) is 1. The lowest BCUT2D eigenvalue weighted by Gasteiger charge is -2.16. The highest BCUT2D eigenvalue weighted by molar-refractivity contribution is 5.79. The second-order valence-electron chi connectivity index (χ2n) is 13.1. The van der Waals surface area contributed by atoms with Crippen molar-refractivity contribution in [3.63, 3.8) is 0 Å². The van der Waals surface area contributed by atoms with Crippen molar-refractivity contribution in [1.29, 1.82) is 0 Å². The summed E-state index contributed by atoms with van der Waals surface area (Å²) in [6.45, 7) is 8.74. The Kier molecular flexibility index (Phi) is 14.9. The average molecular weight is 755 g/mol. The summed E-state index contributed by atoms with van der Waals surface area (Å²) in [5.41, 5.74) is 4.98. The van der Waals surface area contributed by atoms with Crippen LogP contribution in [0, 0.1) is 11.8 Å². The van der Waals surface area contributed by atoms with Gasteiger partial charge in [-0.1, -0.05) is 95.8 Å². The molecule has 0 saturated carbocycles. The first kappa shape index (κ1) is 43.1. The maximum absolute atomic E-state index is 13.0. The van der Waals surface area contributed by atoms with Crippen molar-refractivity contribution in [2.45, 2.75) is 73.4 Å². The van der Waals surface area contributed by atoms with Crippen molar-refractivity contribution < 1.29 is 30.8 Å². The third-order valence-electron chi connectivity index (χ3n) is 7.80. The quantitative estimate of drug-likeness (QED) is 0.163. The van der Waals surface area contributed by atoms with Crippen LogP contribution in [0.5, 0.6) is 0 Å². The van der Waals surface area contributed by atoms with E-state index in [9.17, 15) is 35.9 Å². The molecule has 0 unspecified atom stereocenters. The molecule has 0 aliphatic rings. The molecule has 0 spiro atoms. The molecule has 288 valence electrons. The van der Waals surface area contributed by atoms with Gasteiger partial charge >= 0.3 is 18.0 Å². The maximum Gasteiger partial charge on any atom is 0.416 e. The van der Waals surface area contributed by atoms with Crippen LogP contribution in [-0.2, 0) is 38.3 Å². The Morgan fingerprint density at radius 3 is 1.61 bits per heavy atom. The number of hydrogen-bond acceptors (Lipinski definition) is 6. The normalized spacial score (nSPS) is 11.5. The van der Waals surface area contributed by atoms with Gasteiger partial charge in [-0.15, -0.1) is 0 Å². The van der Waals surface area contributed by atoms with Crippen LogP contribution in [-0.4, -0.2) is 14.5 Å². The van der Waals surface area contributed by atoms with Gasteiger partial charge in [-0.3, -0.25) is 9.36 Å². The lowest BCUT2D eigenvalue weighted by Crippen LogP contribution is -2.27. The first-order chi connectivity index (χ1) is 25.0. The Balaban J connectivity index is 0.000000244. The summed E-state index contributed by atoms with van der Waals surface area (Å²) in [6, 6.07) is 25.4. The van der Waals surface area contributed by atoms with Gasteiger partial charge in [0, 0.05) is 19.4 Å². The fourth-order valence-electron chi connectivity index (χ4n) is 5.24. The molecule has 0 aliphatic carbocycles. The Hall–Kier alpha value is -5.30. The smallest absolute Gasteiger partial charge is 0.408 e. The summed E-state index contributed by atoms with van der Waals surface area (Å²) in [5.74, 6) is 1.07. The highest BCUT2D eigenvalue weighted by Crippen LogP contribution is 2.31. The summed E-state index contributed by atoms with van der Waals surface area (Å²) < 4.78 is 83.3. The number of nitrogens with zero attached hydrogens (tertiary/aromatic N) is 3. The van der Waals surface area contributed by atoms with E-state index in [1.165, 1.54) is 11.6 Å². The first-order valence-corrected chi connectivity index (χ1v) is 16.9. The van der Waals surface area contributed by atoms with Crippen LogP contribution >= 0.6 is 0 Å². The molecule has 7 nitrogen and oxygen atoms in total. The molecule has 2 N–H and O–H groups in total. The molecule has 13 heteroatoms. The summed E-state index contributed by atoms with van der Waals surface area (Å²) in [6.07, 6.45) is -8.01. The number of alkyl halides is 6. The molecule has 0 radical (unpaired) electrons. The zero-order chi connectivity index (χ0) is 38.9. The fourth-order valence-corrected chi connectivity index (χ4v) is 5.24. The minimum Gasteiger partial charge on any atom is -0.408 e. The van der Waals surface area contributed by atoms with Gasteiger partial charge in [-0.2, -0.15) is 26.3 Å². The average Bonchev–Trinajstić information content (AvgIpc) is 3.09. The highest BCUT2D eigenvalue weighted by atomic mass is 19.4. The van der Waals surface area contributed by atoms with E-state index in [-0.39, 0.29) is 52.5 Å². The molecule has 0 saturated heterocycles. The van der Waals surface area contributed by atoms with Crippen LogP contribution in [0.2, 0.25) is 0 Å². The molecule has 2 heterocycles.